The van der Waals surface area contributed by atoms with E-state index in [1.54, 1.807) is 11.8 Å². The van der Waals surface area contributed by atoms with Crippen LogP contribution in [0.15, 0.2) is 54.6 Å². The molecule has 0 bridgehead atoms. The zero-order valence-electron chi connectivity index (χ0n) is 14.8. The Balaban J connectivity index is 1.51. The van der Waals surface area contributed by atoms with Crippen molar-refractivity contribution in [3.05, 3.63) is 71.3 Å². The van der Waals surface area contributed by atoms with E-state index in [9.17, 15) is 9.59 Å². The standard InChI is InChI=1S/C21H22N2O2S/c1-15-7-9-16(10-8-15)13-22-20(25)18-14-26-21(12-11-19(24)23(18)21)17-5-3-2-4-6-17/h2-10,18H,11-14H2,1H3,(H,22,25)/t18-,21+/m1/s1. The lowest BCUT2D eigenvalue weighted by Gasteiger charge is -2.34. The molecule has 0 saturated carbocycles. The summed E-state index contributed by atoms with van der Waals surface area (Å²) in [4.78, 5) is 26.9. The number of thioether (sulfide) groups is 1. The average molecular weight is 366 g/mol. The summed E-state index contributed by atoms with van der Waals surface area (Å²) in [5.74, 6) is 0.654. The Morgan fingerprint density at radius 1 is 1.19 bits per heavy atom. The molecule has 0 aromatic heterocycles. The van der Waals surface area contributed by atoms with Crippen molar-refractivity contribution >= 4 is 23.6 Å². The van der Waals surface area contributed by atoms with Crippen molar-refractivity contribution in [1.29, 1.82) is 0 Å². The van der Waals surface area contributed by atoms with Gasteiger partial charge in [-0.2, -0.15) is 0 Å². The fourth-order valence-electron chi connectivity index (χ4n) is 3.85. The number of hydrogen-bond donors (Lipinski definition) is 1. The Hall–Kier alpha value is -2.27. The van der Waals surface area contributed by atoms with Crippen molar-refractivity contribution in [2.75, 3.05) is 5.75 Å². The number of carbonyl (C=O) groups is 2. The van der Waals surface area contributed by atoms with Gasteiger partial charge < -0.3 is 10.2 Å². The quantitative estimate of drug-likeness (QED) is 0.904. The molecule has 2 aliphatic rings. The van der Waals surface area contributed by atoms with E-state index in [1.165, 1.54) is 5.56 Å². The largest absolute Gasteiger partial charge is 0.350 e. The van der Waals surface area contributed by atoms with Crippen molar-refractivity contribution in [2.24, 2.45) is 0 Å². The Labute approximate surface area is 158 Å². The molecule has 1 N–H and O–H groups in total. The highest BCUT2D eigenvalue weighted by atomic mass is 32.2. The molecule has 5 heteroatoms. The van der Waals surface area contributed by atoms with E-state index in [2.05, 4.69) is 17.4 Å². The minimum absolute atomic E-state index is 0.0638. The molecule has 26 heavy (non-hydrogen) atoms. The zero-order chi connectivity index (χ0) is 18.1. The fourth-order valence-corrected chi connectivity index (χ4v) is 5.50. The molecular weight excluding hydrogens is 344 g/mol. The fraction of sp³-hybridized carbons (Fsp3) is 0.333. The number of fused-ring (bicyclic) bond motifs is 1. The van der Waals surface area contributed by atoms with Crippen molar-refractivity contribution in [3.8, 4) is 0 Å². The maximum absolute atomic E-state index is 12.8. The molecule has 0 aliphatic carbocycles. The zero-order valence-corrected chi connectivity index (χ0v) is 15.6. The van der Waals surface area contributed by atoms with Crippen LogP contribution < -0.4 is 5.32 Å². The normalized spacial score (nSPS) is 24.6. The molecule has 2 fully saturated rings. The molecule has 2 aromatic rings. The Kier molecular flexibility index (Phi) is 4.49. The van der Waals surface area contributed by atoms with Crippen LogP contribution in [-0.4, -0.2) is 28.5 Å². The number of nitrogens with one attached hydrogen (secondary N) is 1. The van der Waals surface area contributed by atoms with Crippen LogP contribution in [0.25, 0.3) is 0 Å². The average Bonchev–Trinajstić information content (AvgIpc) is 3.21. The van der Waals surface area contributed by atoms with Gasteiger partial charge in [-0.1, -0.05) is 60.2 Å². The Bertz CT molecular complexity index is 822. The Morgan fingerprint density at radius 2 is 1.92 bits per heavy atom. The van der Waals surface area contributed by atoms with Crippen LogP contribution in [0.5, 0.6) is 0 Å². The van der Waals surface area contributed by atoms with Gasteiger partial charge in [-0.15, -0.1) is 11.8 Å². The molecule has 2 atom stereocenters. The van der Waals surface area contributed by atoms with Crippen molar-refractivity contribution in [3.63, 3.8) is 0 Å². The summed E-state index contributed by atoms with van der Waals surface area (Å²) in [7, 11) is 0. The minimum atomic E-state index is -0.402. The SMILES string of the molecule is Cc1ccc(CNC(=O)[C@H]2CS[C@]3(c4ccccc4)CCC(=O)N23)cc1. The third-order valence-corrected chi connectivity index (χ3v) is 6.84. The summed E-state index contributed by atoms with van der Waals surface area (Å²) in [6, 6.07) is 17.8. The van der Waals surface area contributed by atoms with Crippen LogP contribution in [0, 0.1) is 6.92 Å². The predicted octanol–water partition coefficient (Wildman–Crippen LogP) is 3.20. The van der Waals surface area contributed by atoms with Crippen LogP contribution in [0.4, 0.5) is 0 Å². The minimum Gasteiger partial charge on any atom is -0.350 e. The number of rotatable bonds is 4. The third-order valence-electron chi connectivity index (χ3n) is 5.24. The first-order chi connectivity index (χ1) is 12.6. The molecule has 0 unspecified atom stereocenters. The number of amides is 2. The first-order valence-electron chi connectivity index (χ1n) is 8.95. The van der Waals surface area contributed by atoms with Gasteiger partial charge in [0, 0.05) is 18.7 Å². The molecule has 2 saturated heterocycles. The van der Waals surface area contributed by atoms with Crippen LogP contribution in [-0.2, 0) is 21.0 Å². The van der Waals surface area contributed by atoms with E-state index in [-0.39, 0.29) is 16.7 Å². The summed E-state index contributed by atoms with van der Waals surface area (Å²) in [6.07, 6.45) is 1.27. The van der Waals surface area contributed by atoms with Crippen LogP contribution in [0.2, 0.25) is 0 Å². The van der Waals surface area contributed by atoms with Crippen molar-refractivity contribution in [1.82, 2.24) is 10.2 Å². The molecule has 2 amide bonds. The van der Waals surface area contributed by atoms with Gasteiger partial charge in [0.05, 0.1) is 0 Å². The summed E-state index contributed by atoms with van der Waals surface area (Å²) >= 11 is 1.72. The molecular formula is C21H22N2O2S. The first kappa shape index (κ1) is 17.2. The molecule has 2 aliphatic heterocycles. The second-order valence-electron chi connectivity index (χ2n) is 6.94. The molecule has 0 radical (unpaired) electrons. The molecule has 134 valence electrons. The lowest BCUT2D eigenvalue weighted by molar-refractivity contribution is -0.138. The number of carbonyl (C=O) groups excluding carboxylic acids is 2. The van der Waals surface area contributed by atoms with Gasteiger partial charge in [0.25, 0.3) is 0 Å². The highest BCUT2D eigenvalue weighted by Gasteiger charge is 2.56. The van der Waals surface area contributed by atoms with E-state index in [0.29, 0.717) is 18.7 Å². The predicted molar refractivity (Wildman–Crippen MR) is 103 cm³/mol. The molecule has 0 spiro atoms. The first-order valence-corrected chi connectivity index (χ1v) is 9.94. The van der Waals surface area contributed by atoms with Gasteiger partial charge in [-0.25, -0.2) is 0 Å². The van der Waals surface area contributed by atoms with E-state index < -0.39 is 6.04 Å². The summed E-state index contributed by atoms with van der Waals surface area (Å²) in [5.41, 5.74) is 3.38. The van der Waals surface area contributed by atoms with E-state index in [4.69, 9.17) is 0 Å². The maximum atomic E-state index is 12.8. The molecule has 4 rings (SSSR count). The van der Waals surface area contributed by atoms with E-state index in [1.807, 2.05) is 54.3 Å². The van der Waals surface area contributed by atoms with Crippen LogP contribution in [0.3, 0.4) is 0 Å². The Morgan fingerprint density at radius 3 is 2.65 bits per heavy atom. The topological polar surface area (TPSA) is 49.4 Å². The van der Waals surface area contributed by atoms with Crippen LogP contribution in [0.1, 0.15) is 29.5 Å². The maximum Gasteiger partial charge on any atom is 0.244 e. The smallest absolute Gasteiger partial charge is 0.244 e. The lowest BCUT2D eigenvalue weighted by atomic mass is 10.0. The summed E-state index contributed by atoms with van der Waals surface area (Å²) in [5, 5.41) is 3.02. The van der Waals surface area contributed by atoms with Crippen molar-refractivity contribution < 1.29 is 9.59 Å². The second-order valence-corrected chi connectivity index (χ2v) is 8.24. The monoisotopic (exact) mass is 366 g/mol. The van der Waals surface area contributed by atoms with Gasteiger partial charge in [0.2, 0.25) is 11.8 Å². The van der Waals surface area contributed by atoms with Gasteiger partial charge in [0.1, 0.15) is 10.9 Å². The third kappa shape index (κ3) is 2.90. The van der Waals surface area contributed by atoms with Crippen molar-refractivity contribution in [2.45, 2.75) is 37.2 Å². The number of aryl methyl sites for hydroxylation is 1. The van der Waals surface area contributed by atoms with Gasteiger partial charge >= 0.3 is 0 Å². The highest BCUT2D eigenvalue weighted by Crippen LogP contribution is 2.54. The summed E-state index contributed by atoms with van der Waals surface area (Å²) in [6.45, 7) is 2.53. The number of benzene rings is 2. The molecule has 2 aromatic carbocycles. The van der Waals surface area contributed by atoms with E-state index >= 15 is 0 Å². The van der Waals surface area contributed by atoms with Crippen LogP contribution >= 0.6 is 11.8 Å². The molecule has 2 heterocycles. The van der Waals surface area contributed by atoms with Gasteiger partial charge in [-0.05, 0) is 24.5 Å². The number of hydrogen-bond acceptors (Lipinski definition) is 3. The summed E-state index contributed by atoms with van der Waals surface area (Å²) < 4.78 is 0. The molecule has 4 nitrogen and oxygen atoms in total. The van der Waals surface area contributed by atoms with Gasteiger partial charge in [0.15, 0.2) is 0 Å². The lowest BCUT2D eigenvalue weighted by Crippen LogP contribution is -2.49. The van der Waals surface area contributed by atoms with Gasteiger partial charge in [-0.3, -0.25) is 9.59 Å². The number of nitrogens with zero attached hydrogens (tertiary/aromatic N) is 1. The highest BCUT2D eigenvalue weighted by molar-refractivity contribution is 8.00. The van der Waals surface area contributed by atoms with E-state index in [0.717, 1.165) is 17.5 Å². The second kappa shape index (κ2) is 6.80.